The lowest BCUT2D eigenvalue weighted by molar-refractivity contribution is 0.0696. The Hall–Kier alpha value is -0.990. The fourth-order valence-corrected chi connectivity index (χ4v) is 1.54. The zero-order valence-corrected chi connectivity index (χ0v) is 8.06. The van der Waals surface area contributed by atoms with E-state index in [1.165, 1.54) is 18.2 Å². The predicted octanol–water partition coefficient (Wildman–Crippen LogP) is 3.33. The van der Waals surface area contributed by atoms with Gasteiger partial charge in [-0.05, 0) is 12.1 Å². The van der Waals surface area contributed by atoms with Crippen molar-refractivity contribution in [2.45, 2.75) is 0 Å². The lowest BCUT2D eigenvalue weighted by atomic mass is 10.1. The minimum atomic E-state index is -1.07. The zero-order chi connectivity index (χ0) is 10.0. The molecule has 0 aliphatic heterocycles. The third-order valence-electron chi connectivity index (χ3n) is 1.53. The van der Waals surface area contributed by atoms with Crippen LogP contribution in [0.1, 0.15) is 15.9 Å². The molecular weight excluding hydrogens is 211 g/mol. The van der Waals surface area contributed by atoms with Gasteiger partial charge in [-0.3, -0.25) is 0 Å². The van der Waals surface area contributed by atoms with E-state index in [0.717, 1.165) is 0 Å². The van der Waals surface area contributed by atoms with Crippen molar-refractivity contribution in [2.24, 2.45) is 0 Å². The number of hydrogen-bond donors (Lipinski definition) is 1. The first-order valence-corrected chi connectivity index (χ1v) is 4.16. The molecule has 0 amide bonds. The lowest BCUT2D eigenvalue weighted by Gasteiger charge is -2.03. The van der Waals surface area contributed by atoms with Gasteiger partial charge in [0.05, 0.1) is 10.6 Å². The summed E-state index contributed by atoms with van der Waals surface area (Å²) in [5, 5.41) is 9.37. The molecule has 1 aromatic rings. The summed E-state index contributed by atoms with van der Waals surface area (Å²) in [6.07, 6.45) is 1.39. The van der Waals surface area contributed by atoms with E-state index in [-0.39, 0.29) is 5.56 Å². The number of carboxylic acid groups (broad SMARTS) is 1. The Labute approximate surface area is 85.4 Å². The van der Waals surface area contributed by atoms with Crippen molar-refractivity contribution < 1.29 is 9.90 Å². The van der Waals surface area contributed by atoms with E-state index in [1.54, 1.807) is 0 Å². The van der Waals surface area contributed by atoms with Crippen molar-refractivity contribution in [3.8, 4) is 0 Å². The van der Waals surface area contributed by atoms with E-state index in [4.69, 9.17) is 28.3 Å². The van der Waals surface area contributed by atoms with Gasteiger partial charge in [0.1, 0.15) is 0 Å². The highest BCUT2D eigenvalue weighted by Crippen LogP contribution is 2.26. The standard InChI is InChI=1S/C9H6Cl2O2/c1-2-6-7(9(12)13)3-5(10)4-8(6)11/h2-4H,1H2,(H,12,13). The van der Waals surface area contributed by atoms with Crippen LogP contribution in [0.4, 0.5) is 0 Å². The van der Waals surface area contributed by atoms with Gasteiger partial charge < -0.3 is 5.11 Å². The van der Waals surface area contributed by atoms with Crippen LogP contribution >= 0.6 is 23.2 Å². The summed E-state index contributed by atoms with van der Waals surface area (Å²) in [4.78, 5) is 10.7. The molecule has 0 spiro atoms. The Morgan fingerprint density at radius 3 is 2.54 bits per heavy atom. The smallest absolute Gasteiger partial charge is 0.336 e. The highest BCUT2D eigenvalue weighted by molar-refractivity contribution is 6.36. The second kappa shape index (κ2) is 3.81. The van der Waals surface area contributed by atoms with E-state index < -0.39 is 5.97 Å². The number of hydrogen-bond acceptors (Lipinski definition) is 1. The van der Waals surface area contributed by atoms with Crippen LogP contribution in [0.3, 0.4) is 0 Å². The Balaban J connectivity index is 3.46. The number of carboxylic acids is 1. The van der Waals surface area contributed by atoms with E-state index in [2.05, 4.69) is 6.58 Å². The summed E-state index contributed by atoms with van der Waals surface area (Å²) in [5.74, 6) is -1.07. The van der Waals surface area contributed by atoms with Crippen LogP contribution in [0.2, 0.25) is 10.0 Å². The summed E-state index contributed by atoms with van der Waals surface area (Å²) in [6.45, 7) is 3.47. The molecule has 1 aromatic carbocycles. The normalized spacial score (nSPS) is 9.69. The first-order chi connectivity index (χ1) is 6.06. The molecule has 0 aliphatic rings. The molecule has 2 nitrogen and oxygen atoms in total. The topological polar surface area (TPSA) is 37.3 Å². The van der Waals surface area contributed by atoms with Gasteiger partial charge in [0.25, 0.3) is 0 Å². The molecule has 0 aliphatic carbocycles. The molecule has 0 bridgehead atoms. The number of halogens is 2. The molecule has 0 unspecified atom stereocenters. The predicted molar refractivity (Wildman–Crippen MR) is 53.5 cm³/mol. The molecular formula is C9H6Cl2O2. The first kappa shape index (κ1) is 10.1. The summed E-state index contributed by atoms with van der Waals surface area (Å²) < 4.78 is 0. The van der Waals surface area contributed by atoms with Crippen molar-refractivity contribution in [1.82, 2.24) is 0 Å². The Bertz CT molecular complexity index is 372. The van der Waals surface area contributed by atoms with Gasteiger partial charge in [0.2, 0.25) is 0 Å². The molecule has 13 heavy (non-hydrogen) atoms. The average Bonchev–Trinajstić information content (AvgIpc) is 2.02. The first-order valence-electron chi connectivity index (χ1n) is 3.41. The maximum atomic E-state index is 10.7. The van der Waals surface area contributed by atoms with Crippen molar-refractivity contribution in [1.29, 1.82) is 0 Å². The van der Waals surface area contributed by atoms with Crippen molar-refractivity contribution in [3.63, 3.8) is 0 Å². The van der Waals surface area contributed by atoms with Gasteiger partial charge in [-0.2, -0.15) is 0 Å². The van der Waals surface area contributed by atoms with Gasteiger partial charge in [-0.25, -0.2) is 4.79 Å². The SMILES string of the molecule is C=Cc1c(Cl)cc(Cl)cc1C(=O)O. The van der Waals surface area contributed by atoms with E-state index in [0.29, 0.717) is 15.6 Å². The van der Waals surface area contributed by atoms with Crippen LogP contribution in [0, 0.1) is 0 Å². The quantitative estimate of drug-likeness (QED) is 0.824. The monoisotopic (exact) mass is 216 g/mol. The van der Waals surface area contributed by atoms with Crippen LogP contribution in [-0.2, 0) is 0 Å². The summed E-state index contributed by atoms with van der Waals surface area (Å²) in [6, 6.07) is 2.82. The van der Waals surface area contributed by atoms with Crippen LogP contribution in [0.15, 0.2) is 18.7 Å². The van der Waals surface area contributed by atoms with Gasteiger partial charge in [0, 0.05) is 10.6 Å². The number of carbonyl (C=O) groups is 1. The van der Waals surface area contributed by atoms with Gasteiger partial charge in [-0.1, -0.05) is 35.9 Å². The number of rotatable bonds is 2. The molecule has 0 heterocycles. The third kappa shape index (κ3) is 2.02. The maximum Gasteiger partial charge on any atom is 0.336 e. The molecule has 0 aromatic heterocycles. The second-order valence-electron chi connectivity index (χ2n) is 2.36. The van der Waals surface area contributed by atoms with Gasteiger partial charge in [-0.15, -0.1) is 0 Å². The summed E-state index contributed by atoms with van der Waals surface area (Å²) in [7, 11) is 0. The number of benzene rings is 1. The average molecular weight is 217 g/mol. The summed E-state index contributed by atoms with van der Waals surface area (Å²) in [5.41, 5.74) is 0.450. The molecule has 0 atom stereocenters. The second-order valence-corrected chi connectivity index (χ2v) is 3.20. The molecule has 1 N–H and O–H groups in total. The highest BCUT2D eigenvalue weighted by Gasteiger charge is 2.11. The van der Waals surface area contributed by atoms with Crippen LogP contribution in [-0.4, -0.2) is 11.1 Å². The van der Waals surface area contributed by atoms with Gasteiger partial charge in [0.15, 0.2) is 0 Å². The van der Waals surface area contributed by atoms with Crippen molar-refractivity contribution >= 4 is 35.2 Å². The zero-order valence-electron chi connectivity index (χ0n) is 6.55. The third-order valence-corrected chi connectivity index (χ3v) is 2.06. The van der Waals surface area contributed by atoms with Crippen molar-refractivity contribution in [2.75, 3.05) is 0 Å². The molecule has 68 valence electrons. The fourth-order valence-electron chi connectivity index (χ4n) is 0.969. The largest absolute Gasteiger partial charge is 0.478 e. The molecule has 1 rings (SSSR count). The van der Waals surface area contributed by atoms with Crippen LogP contribution < -0.4 is 0 Å². The van der Waals surface area contributed by atoms with E-state index >= 15 is 0 Å². The molecule has 4 heteroatoms. The molecule has 0 fully saturated rings. The summed E-state index contributed by atoms with van der Waals surface area (Å²) >= 11 is 11.4. The van der Waals surface area contributed by atoms with Crippen LogP contribution in [0.5, 0.6) is 0 Å². The molecule has 0 saturated heterocycles. The maximum absolute atomic E-state index is 10.7. The van der Waals surface area contributed by atoms with E-state index in [9.17, 15) is 4.79 Å². The fraction of sp³-hybridized carbons (Fsp3) is 0. The van der Waals surface area contributed by atoms with E-state index in [1.807, 2.05) is 0 Å². The lowest BCUT2D eigenvalue weighted by Crippen LogP contribution is -1.99. The Morgan fingerprint density at radius 1 is 1.46 bits per heavy atom. The van der Waals surface area contributed by atoms with Crippen LogP contribution in [0.25, 0.3) is 6.08 Å². The van der Waals surface area contributed by atoms with Gasteiger partial charge >= 0.3 is 5.97 Å². The Kier molecular flexibility index (Phi) is 2.96. The minimum absolute atomic E-state index is 0.0625. The minimum Gasteiger partial charge on any atom is -0.478 e. The molecule has 0 radical (unpaired) electrons. The van der Waals surface area contributed by atoms with Crippen molar-refractivity contribution in [3.05, 3.63) is 39.9 Å². The highest BCUT2D eigenvalue weighted by atomic mass is 35.5. The molecule has 0 saturated carbocycles. The number of aromatic carboxylic acids is 1. The Morgan fingerprint density at radius 2 is 2.08 bits per heavy atom.